The Hall–Kier alpha value is -6.18. The van der Waals surface area contributed by atoms with Gasteiger partial charge in [0.2, 0.25) is 5.95 Å². The van der Waals surface area contributed by atoms with Crippen molar-refractivity contribution in [3.05, 3.63) is 142 Å². The van der Waals surface area contributed by atoms with Crippen LogP contribution in [0, 0.1) is 11.3 Å². The number of imidazole rings is 1. The lowest BCUT2D eigenvalue weighted by Crippen LogP contribution is -2.39. The van der Waals surface area contributed by atoms with Crippen LogP contribution in [0.3, 0.4) is 0 Å². The van der Waals surface area contributed by atoms with Crippen LogP contribution in [0.2, 0.25) is 0 Å². The number of fused-ring (bicyclic) bond motifs is 1. The third-order valence-corrected chi connectivity index (χ3v) is 14.0. The van der Waals surface area contributed by atoms with Crippen LogP contribution >= 0.6 is 8.53 Å². The third-order valence-electron chi connectivity index (χ3n) is 11.8. The molecule has 2 N–H and O–H groups in total. The Kier molecular flexibility index (Phi) is 16.5. The highest BCUT2D eigenvalue weighted by Crippen LogP contribution is 2.51. The van der Waals surface area contributed by atoms with Crippen molar-refractivity contribution in [2.45, 2.75) is 103 Å². The topological polar surface area (TPSA) is 184 Å². The molecular weight excluding hydrogens is 898 g/mol. The van der Waals surface area contributed by atoms with Crippen molar-refractivity contribution < 1.29 is 37.5 Å². The number of hydrogen-bond donors (Lipinski definition) is 2. The van der Waals surface area contributed by atoms with Crippen LogP contribution in [-0.2, 0) is 34.3 Å². The van der Waals surface area contributed by atoms with Crippen LogP contribution in [0.5, 0.6) is 17.2 Å². The molecule has 1 aliphatic heterocycles. The number of aromatic amines is 1. The van der Waals surface area contributed by atoms with Gasteiger partial charge in [0.1, 0.15) is 35.2 Å². The Bertz CT molecular complexity index is 2660. The van der Waals surface area contributed by atoms with Gasteiger partial charge in [-0.2, -0.15) is 10.2 Å². The Labute approximate surface area is 404 Å². The largest absolute Gasteiger partial charge is 0.497 e. The Morgan fingerprint density at radius 3 is 2.03 bits per heavy atom. The van der Waals surface area contributed by atoms with E-state index in [4.69, 9.17) is 32.7 Å². The lowest BCUT2D eigenvalue weighted by atomic mass is 9.80. The number of anilines is 1. The molecule has 1 unspecified atom stereocenters. The molecule has 4 aromatic carbocycles. The summed E-state index contributed by atoms with van der Waals surface area (Å²) in [5.41, 5.74) is 2.15. The molecule has 6 aromatic rings. The van der Waals surface area contributed by atoms with Crippen LogP contribution in [0.15, 0.2) is 114 Å². The molecule has 0 aliphatic carbocycles. The van der Waals surface area contributed by atoms with Crippen LogP contribution in [0.4, 0.5) is 5.95 Å². The highest BCUT2D eigenvalue weighted by atomic mass is 31.2. The molecule has 2 aromatic heterocycles. The van der Waals surface area contributed by atoms with Gasteiger partial charge in [-0.3, -0.25) is 24.5 Å². The number of methoxy groups -OCH3 is 2. The summed E-state index contributed by atoms with van der Waals surface area (Å²) in [4.78, 5) is 38.4. The second-order valence-corrected chi connectivity index (χ2v) is 19.6. The number of rotatable bonds is 21. The molecule has 1 saturated heterocycles. The van der Waals surface area contributed by atoms with Gasteiger partial charge in [0.15, 0.2) is 17.8 Å². The van der Waals surface area contributed by atoms with Crippen LogP contribution in [0.25, 0.3) is 11.2 Å². The van der Waals surface area contributed by atoms with Gasteiger partial charge in [-0.05, 0) is 91.8 Å². The van der Waals surface area contributed by atoms with E-state index < -0.39 is 44.0 Å². The number of amides is 1. The lowest BCUT2D eigenvalue weighted by Gasteiger charge is -2.39. The van der Waals surface area contributed by atoms with Gasteiger partial charge in [0, 0.05) is 18.5 Å². The van der Waals surface area contributed by atoms with Crippen molar-refractivity contribution in [1.29, 1.82) is 5.26 Å². The van der Waals surface area contributed by atoms with E-state index in [1.165, 1.54) is 6.33 Å². The molecule has 17 heteroatoms. The summed E-state index contributed by atoms with van der Waals surface area (Å²) >= 11 is 0. The molecule has 7 rings (SSSR count). The predicted octanol–water partition coefficient (Wildman–Crippen LogP) is 9.41. The molecular formula is C52H62N7O9P. The summed E-state index contributed by atoms with van der Waals surface area (Å²) in [7, 11) is 1.52. The van der Waals surface area contributed by atoms with E-state index in [-0.39, 0.29) is 67.3 Å². The lowest BCUT2D eigenvalue weighted by molar-refractivity contribution is -0.118. The van der Waals surface area contributed by atoms with E-state index in [0.717, 1.165) is 22.3 Å². The first-order valence-electron chi connectivity index (χ1n) is 23.0. The average molecular weight is 960 g/mol. The number of ether oxygens (including phenoxy) is 5. The van der Waals surface area contributed by atoms with E-state index in [1.807, 2.05) is 103 Å². The SMILES string of the molecule is COc1ccc(C(OC[C@H]2O[C@@H](n3cnc4c(=O)[nH]c(NC(=O)COc5ccc(C(C)(C)C)cc5)nc43)C[C@@H]2OP(OCCC#N)N(C(C)C)C(C)C)(c2ccccc2)c2ccc(OC)cc2)cc1. The fraction of sp³-hybridized carbons (Fsp3) is 0.404. The molecule has 364 valence electrons. The maximum atomic E-state index is 13.5. The first-order valence-corrected chi connectivity index (χ1v) is 24.2. The van der Waals surface area contributed by atoms with E-state index >= 15 is 0 Å². The zero-order valence-electron chi connectivity index (χ0n) is 40.7. The zero-order chi connectivity index (χ0) is 49.3. The molecule has 1 aliphatic rings. The second kappa shape index (κ2) is 22.5. The maximum Gasteiger partial charge on any atom is 0.280 e. The van der Waals surface area contributed by atoms with Gasteiger partial charge < -0.3 is 32.7 Å². The highest BCUT2D eigenvalue weighted by Gasteiger charge is 2.45. The molecule has 16 nitrogen and oxygen atoms in total. The van der Waals surface area contributed by atoms with Crippen LogP contribution in [-0.4, -0.2) is 88.4 Å². The summed E-state index contributed by atoms with van der Waals surface area (Å²) in [6, 6.07) is 35.3. The van der Waals surface area contributed by atoms with Crippen molar-refractivity contribution in [2.75, 3.05) is 39.4 Å². The quantitative estimate of drug-likeness (QED) is 0.0396. The highest BCUT2D eigenvalue weighted by molar-refractivity contribution is 7.44. The minimum Gasteiger partial charge on any atom is -0.497 e. The fourth-order valence-corrected chi connectivity index (χ4v) is 10.1. The van der Waals surface area contributed by atoms with Gasteiger partial charge >= 0.3 is 0 Å². The number of carbonyl (C=O) groups excluding carboxylic acids is 1. The summed E-state index contributed by atoms with van der Waals surface area (Å²) in [5, 5.41) is 12.1. The summed E-state index contributed by atoms with van der Waals surface area (Å²) < 4.78 is 48.5. The maximum absolute atomic E-state index is 13.5. The minimum absolute atomic E-state index is 0.0136. The van der Waals surface area contributed by atoms with Crippen molar-refractivity contribution in [3.8, 4) is 23.3 Å². The standard InChI is InChI=1S/C52H62N7O9P/c1-34(2)59(35(3)4)69(66-29-13-28-53)68-43-30-46(58-33-54-47-48(58)56-50(57-49(47)61)55-45(60)32-64-42-26-16-36(17-27-42)51(5,6)7)67-44(43)31-65-52(37-14-11-10-12-15-37,38-18-22-40(62-8)23-19-38)39-20-24-41(63-9)25-21-39/h10-12,14-27,33-35,43-44,46H,13,29-32H2,1-9H3,(H2,55,56,57,60,61)/t43-,44+,46+,69?/m0/s1. The van der Waals surface area contributed by atoms with Crippen LogP contribution < -0.4 is 25.1 Å². The molecule has 3 heterocycles. The minimum atomic E-state index is -1.73. The number of aromatic nitrogens is 4. The van der Waals surface area contributed by atoms with Crippen molar-refractivity contribution >= 4 is 31.5 Å². The van der Waals surface area contributed by atoms with E-state index in [1.54, 1.807) is 18.8 Å². The normalized spacial score (nSPS) is 16.8. The number of benzene rings is 4. The van der Waals surface area contributed by atoms with Gasteiger partial charge in [-0.1, -0.05) is 87.5 Å². The van der Waals surface area contributed by atoms with Crippen molar-refractivity contribution in [2.24, 2.45) is 0 Å². The Balaban J connectivity index is 1.24. The summed E-state index contributed by atoms with van der Waals surface area (Å²) in [5.74, 6) is 1.30. The first kappa shape index (κ1) is 50.7. The fourth-order valence-electron chi connectivity index (χ4n) is 8.39. The number of nitrogens with one attached hydrogen (secondary N) is 2. The van der Waals surface area contributed by atoms with E-state index in [0.29, 0.717) is 17.2 Å². The third kappa shape index (κ3) is 11.8. The number of hydrogen-bond acceptors (Lipinski definition) is 13. The molecule has 0 spiro atoms. The molecule has 4 atom stereocenters. The number of H-pyrrole nitrogens is 1. The van der Waals surface area contributed by atoms with Gasteiger partial charge in [0.25, 0.3) is 20.0 Å². The monoisotopic (exact) mass is 959 g/mol. The Morgan fingerprint density at radius 2 is 1.46 bits per heavy atom. The molecule has 0 saturated carbocycles. The molecule has 0 bridgehead atoms. The molecule has 1 amide bonds. The smallest absolute Gasteiger partial charge is 0.280 e. The predicted molar refractivity (Wildman–Crippen MR) is 264 cm³/mol. The zero-order valence-corrected chi connectivity index (χ0v) is 41.6. The van der Waals surface area contributed by atoms with Gasteiger partial charge in [-0.15, -0.1) is 0 Å². The Morgan fingerprint density at radius 1 is 0.884 bits per heavy atom. The molecule has 69 heavy (non-hydrogen) atoms. The first-order chi connectivity index (χ1) is 33.1. The second-order valence-electron chi connectivity index (χ2n) is 18.2. The summed E-state index contributed by atoms with van der Waals surface area (Å²) in [6.45, 7) is 14.5. The van der Waals surface area contributed by atoms with Gasteiger partial charge in [-0.25, -0.2) is 9.65 Å². The van der Waals surface area contributed by atoms with Crippen molar-refractivity contribution in [3.63, 3.8) is 0 Å². The average Bonchev–Trinajstić information content (AvgIpc) is 3.95. The van der Waals surface area contributed by atoms with E-state index in [2.05, 4.69) is 79.5 Å². The molecule has 1 fully saturated rings. The van der Waals surface area contributed by atoms with Crippen LogP contribution in [0.1, 0.15) is 89.8 Å². The summed E-state index contributed by atoms with van der Waals surface area (Å²) in [6.07, 6.45) is -0.183. The van der Waals surface area contributed by atoms with Gasteiger partial charge in [0.05, 0.1) is 52.4 Å². The van der Waals surface area contributed by atoms with Crippen molar-refractivity contribution in [1.82, 2.24) is 24.2 Å². The van der Waals surface area contributed by atoms with E-state index in [9.17, 15) is 14.9 Å². The number of nitrogens with zero attached hydrogens (tertiary/aromatic N) is 5. The molecule has 0 radical (unpaired) electrons. The number of carbonyl (C=O) groups is 1. The number of nitriles is 1.